The summed E-state index contributed by atoms with van der Waals surface area (Å²) in [6.07, 6.45) is 7.64. The highest BCUT2D eigenvalue weighted by Crippen LogP contribution is 2.37. The van der Waals surface area contributed by atoms with Crippen molar-refractivity contribution in [3.05, 3.63) is 29.8 Å². The second kappa shape index (κ2) is 8.13. The van der Waals surface area contributed by atoms with Gasteiger partial charge in [0.1, 0.15) is 0 Å². The molecule has 0 aliphatic carbocycles. The number of unbranched alkanes of at least 4 members (excludes halogenated alkanes) is 3. The third kappa shape index (κ3) is 4.22. The van der Waals surface area contributed by atoms with Crippen LogP contribution in [-0.4, -0.2) is 24.3 Å². The summed E-state index contributed by atoms with van der Waals surface area (Å²) in [5, 5.41) is 3.70. The number of nitrogens with one attached hydrogen (secondary N) is 1. The first-order valence-electron chi connectivity index (χ1n) is 6.86. The average molecular weight is 281 g/mol. The van der Waals surface area contributed by atoms with Crippen molar-refractivity contribution in [1.29, 1.82) is 0 Å². The van der Waals surface area contributed by atoms with Crippen molar-refractivity contribution in [3.8, 4) is 0 Å². The second-order valence-electron chi connectivity index (χ2n) is 4.76. The fourth-order valence-corrected chi connectivity index (χ4v) is 4.02. The Hall–Kier alpha value is -0.120. The molecule has 1 N–H and O–H groups in total. The Morgan fingerprint density at radius 3 is 2.94 bits per heavy atom. The summed E-state index contributed by atoms with van der Waals surface area (Å²) in [5.41, 5.74) is 1.50. The SMILES string of the molecule is CSCCCCCCNC1CSc2ccccc21. The van der Waals surface area contributed by atoms with Crippen molar-refractivity contribution in [2.24, 2.45) is 0 Å². The molecule has 1 aliphatic heterocycles. The van der Waals surface area contributed by atoms with Crippen LogP contribution in [-0.2, 0) is 0 Å². The van der Waals surface area contributed by atoms with Crippen LogP contribution in [0.25, 0.3) is 0 Å². The lowest BCUT2D eigenvalue weighted by Crippen LogP contribution is -2.22. The van der Waals surface area contributed by atoms with E-state index >= 15 is 0 Å². The van der Waals surface area contributed by atoms with E-state index in [1.807, 2.05) is 23.5 Å². The standard InChI is InChI=1S/C15H23NS2/c1-17-11-7-3-2-6-10-16-14-12-18-15-9-5-4-8-13(14)15/h4-5,8-9,14,16H,2-3,6-7,10-12H2,1H3. The molecule has 0 spiro atoms. The van der Waals surface area contributed by atoms with Crippen molar-refractivity contribution in [1.82, 2.24) is 5.32 Å². The van der Waals surface area contributed by atoms with Gasteiger partial charge < -0.3 is 5.32 Å². The number of thioether (sulfide) groups is 2. The molecule has 0 bridgehead atoms. The lowest BCUT2D eigenvalue weighted by molar-refractivity contribution is 0.543. The zero-order chi connectivity index (χ0) is 12.6. The molecule has 0 aromatic heterocycles. The van der Waals surface area contributed by atoms with Crippen molar-refractivity contribution in [2.75, 3.05) is 24.3 Å². The molecule has 1 nitrogen and oxygen atoms in total. The van der Waals surface area contributed by atoms with Crippen LogP contribution in [0.15, 0.2) is 29.2 Å². The summed E-state index contributed by atoms with van der Waals surface area (Å²) < 4.78 is 0. The van der Waals surface area contributed by atoms with Crippen molar-refractivity contribution >= 4 is 23.5 Å². The van der Waals surface area contributed by atoms with E-state index < -0.39 is 0 Å². The molecule has 1 aromatic carbocycles. The third-order valence-corrected chi connectivity index (χ3v) is 5.25. The molecular formula is C15H23NS2. The maximum atomic E-state index is 3.70. The number of hydrogen-bond acceptors (Lipinski definition) is 3. The van der Waals surface area contributed by atoms with Gasteiger partial charge >= 0.3 is 0 Å². The van der Waals surface area contributed by atoms with E-state index in [2.05, 4.69) is 35.8 Å². The Bertz CT molecular complexity index is 354. The van der Waals surface area contributed by atoms with E-state index in [4.69, 9.17) is 0 Å². The van der Waals surface area contributed by atoms with Gasteiger partial charge in [-0.2, -0.15) is 11.8 Å². The molecule has 3 heteroatoms. The molecule has 1 atom stereocenters. The van der Waals surface area contributed by atoms with Gasteiger partial charge in [-0.3, -0.25) is 0 Å². The predicted octanol–water partition coefficient (Wildman–Crippen LogP) is 4.35. The van der Waals surface area contributed by atoms with E-state index in [0.29, 0.717) is 6.04 Å². The van der Waals surface area contributed by atoms with Gasteiger partial charge in [-0.1, -0.05) is 31.0 Å². The lowest BCUT2D eigenvalue weighted by Gasteiger charge is -2.12. The molecule has 0 fully saturated rings. The number of rotatable bonds is 8. The number of hydrogen-bond donors (Lipinski definition) is 1. The highest BCUT2D eigenvalue weighted by molar-refractivity contribution is 7.99. The Morgan fingerprint density at radius 1 is 1.22 bits per heavy atom. The van der Waals surface area contributed by atoms with Gasteiger partial charge in [0.15, 0.2) is 0 Å². The fraction of sp³-hybridized carbons (Fsp3) is 0.600. The molecular weight excluding hydrogens is 258 g/mol. The zero-order valence-electron chi connectivity index (χ0n) is 11.2. The minimum Gasteiger partial charge on any atom is -0.309 e. The Kier molecular flexibility index (Phi) is 6.46. The average Bonchev–Trinajstić information content (AvgIpc) is 2.81. The van der Waals surface area contributed by atoms with E-state index in [-0.39, 0.29) is 0 Å². The third-order valence-electron chi connectivity index (χ3n) is 3.37. The fourth-order valence-electron chi connectivity index (χ4n) is 2.33. The summed E-state index contributed by atoms with van der Waals surface area (Å²) in [5.74, 6) is 2.52. The van der Waals surface area contributed by atoms with E-state index in [1.54, 1.807) is 0 Å². The van der Waals surface area contributed by atoms with Crippen LogP contribution in [0.3, 0.4) is 0 Å². The highest BCUT2D eigenvalue weighted by atomic mass is 32.2. The summed E-state index contributed by atoms with van der Waals surface area (Å²) in [6.45, 7) is 1.17. The Labute approximate surface area is 120 Å². The first-order valence-corrected chi connectivity index (χ1v) is 9.24. The van der Waals surface area contributed by atoms with Gasteiger partial charge in [0, 0.05) is 16.7 Å². The monoisotopic (exact) mass is 281 g/mol. The van der Waals surface area contributed by atoms with Gasteiger partial charge in [-0.25, -0.2) is 0 Å². The molecule has 100 valence electrons. The van der Waals surface area contributed by atoms with Crippen LogP contribution in [0.4, 0.5) is 0 Å². The molecule has 2 rings (SSSR count). The molecule has 18 heavy (non-hydrogen) atoms. The first kappa shape index (κ1) is 14.3. The van der Waals surface area contributed by atoms with Gasteiger partial charge in [-0.05, 0) is 43.0 Å². The maximum absolute atomic E-state index is 3.70. The predicted molar refractivity (Wildman–Crippen MR) is 84.8 cm³/mol. The van der Waals surface area contributed by atoms with Crippen molar-refractivity contribution in [2.45, 2.75) is 36.6 Å². The van der Waals surface area contributed by atoms with E-state index in [1.165, 1.54) is 54.2 Å². The Morgan fingerprint density at radius 2 is 2.06 bits per heavy atom. The minimum atomic E-state index is 0.581. The van der Waals surface area contributed by atoms with Gasteiger partial charge in [-0.15, -0.1) is 11.8 Å². The van der Waals surface area contributed by atoms with Crippen molar-refractivity contribution in [3.63, 3.8) is 0 Å². The molecule has 0 saturated carbocycles. The first-order chi connectivity index (χ1) is 8.92. The van der Waals surface area contributed by atoms with Crippen LogP contribution >= 0.6 is 23.5 Å². The highest BCUT2D eigenvalue weighted by Gasteiger charge is 2.21. The minimum absolute atomic E-state index is 0.581. The normalized spacial score (nSPS) is 17.9. The Balaban J connectivity index is 1.61. The van der Waals surface area contributed by atoms with Crippen LogP contribution in [0.2, 0.25) is 0 Å². The zero-order valence-corrected chi connectivity index (χ0v) is 12.8. The summed E-state index contributed by atoms with van der Waals surface area (Å²) in [4.78, 5) is 1.47. The van der Waals surface area contributed by atoms with E-state index in [9.17, 15) is 0 Å². The number of fused-ring (bicyclic) bond motifs is 1. The molecule has 0 radical (unpaired) electrons. The summed E-state index contributed by atoms with van der Waals surface area (Å²) in [6, 6.07) is 9.38. The van der Waals surface area contributed by atoms with Crippen LogP contribution < -0.4 is 5.32 Å². The molecule has 0 amide bonds. The van der Waals surface area contributed by atoms with Crippen molar-refractivity contribution < 1.29 is 0 Å². The summed E-state index contributed by atoms with van der Waals surface area (Å²) in [7, 11) is 0. The van der Waals surface area contributed by atoms with Crippen LogP contribution in [0.1, 0.15) is 37.3 Å². The van der Waals surface area contributed by atoms with Gasteiger partial charge in [0.25, 0.3) is 0 Å². The van der Waals surface area contributed by atoms with Gasteiger partial charge in [0.2, 0.25) is 0 Å². The molecule has 0 saturated heterocycles. The van der Waals surface area contributed by atoms with Gasteiger partial charge in [0.05, 0.1) is 0 Å². The molecule has 1 aliphatic rings. The molecule has 1 aromatic rings. The lowest BCUT2D eigenvalue weighted by atomic mass is 10.1. The number of benzene rings is 1. The largest absolute Gasteiger partial charge is 0.309 e. The van der Waals surface area contributed by atoms with E-state index in [0.717, 1.165) is 0 Å². The molecule has 1 heterocycles. The van der Waals surface area contributed by atoms with Crippen LogP contribution in [0, 0.1) is 0 Å². The smallest absolute Gasteiger partial charge is 0.0426 e. The van der Waals surface area contributed by atoms with Crippen LogP contribution in [0.5, 0.6) is 0 Å². The summed E-state index contributed by atoms with van der Waals surface area (Å²) >= 11 is 3.95. The maximum Gasteiger partial charge on any atom is 0.0426 e. The topological polar surface area (TPSA) is 12.0 Å². The second-order valence-corrected chi connectivity index (χ2v) is 6.81. The quantitative estimate of drug-likeness (QED) is 0.712. The molecule has 1 unspecified atom stereocenters.